The molecule has 2 aromatic carbocycles. The number of ether oxygens (including phenoxy) is 1. The minimum atomic E-state index is -4.58. The van der Waals surface area contributed by atoms with E-state index < -0.39 is 18.3 Å². The molecule has 0 amide bonds. The standard InChI is InChI=1S/C22H18BrClF3N3O2/c23-17-6-5-14(7-18(17)24)12-32-19-8-28-20(30(21(19)31)13-22(25,26)27)11-29-9-15-3-1-2-4-16(15)10-29/h1-8H,9-13H2. The fourth-order valence-corrected chi connectivity index (χ4v) is 4.03. The second-order valence-electron chi connectivity index (χ2n) is 7.50. The quantitative estimate of drug-likeness (QED) is 0.435. The van der Waals surface area contributed by atoms with E-state index in [9.17, 15) is 18.0 Å². The summed E-state index contributed by atoms with van der Waals surface area (Å²) in [6.07, 6.45) is -3.39. The van der Waals surface area contributed by atoms with Crippen LogP contribution in [-0.2, 0) is 32.8 Å². The van der Waals surface area contributed by atoms with Gasteiger partial charge in [0, 0.05) is 17.6 Å². The molecule has 0 atom stereocenters. The zero-order chi connectivity index (χ0) is 22.9. The molecule has 0 spiro atoms. The van der Waals surface area contributed by atoms with Gasteiger partial charge in [-0.15, -0.1) is 0 Å². The van der Waals surface area contributed by atoms with E-state index in [1.54, 1.807) is 18.2 Å². The van der Waals surface area contributed by atoms with Crippen LogP contribution in [0.2, 0.25) is 5.02 Å². The normalized spacial score (nSPS) is 13.9. The highest BCUT2D eigenvalue weighted by Gasteiger charge is 2.31. The van der Waals surface area contributed by atoms with Crippen molar-refractivity contribution in [1.29, 1.82) is 0 Å². The molecule has 0 unspecified atom stereocenters. The number of hydrogen-bond acceptors (Lipinski definition) is 4. The van der Waals surface area contributed by atoms with Crippen LogP contribution in [0.15, 0.2) is 57.9 Å². The predicted molar refractivity (Wildman–Crippen MR) is 117 cm³/mol. The van der Waals surface area contributed by atoms with Crippen LogP contribution >= 0.6 is 27.5 Å². The molecule has 0 radical (unpaired) electrons. The van der Waals surface area contributed by atoms with Crippen LogP contribution < -0.4 is 10.3 Å². The third kappa shape index (κ3) is 5.33. The highest BCUT2D eigenvalue weighted by atomic mass is 79.9. The Hall–Kier alpha value is -2.36. The number of rotatable bonds is 6. The lowest BCUT2D eigenvalue weighted by Crippen LogP contribution is -2.34. The van der Waals surface area contributed by atoms with Crippen LogP contribution in [0.5, 0.6) is 5.75 Å². The lowest BCUT2D eigenvalue weighted by molar-refractivity contribution is -0.142. The summed E-state index contributed by atoms with van der Waals surface area (Å²) in [6.45, 7) is -0.184. The molecule has 0 fully saturated rings. The maximum atomic E-state index is 13.2. The van der Waals surface area contributed by atoms with Crippen molar-refractivity contribution < 1.29 is 17.9 Å². The first kappa shape index (κ1) is 22.8. The zero-order valence-corrected chi connectivity index (χ0v) is 19.0. The molecule has 4 rings (SSSR count). The number of hydrogen-bond donors (Lipinski definition) is 0. The van der Waals surface area contributed by atoms with Crippen LogP contribution in [-0.4, -0.2) is 20.6 Å². The van der Waals surface area contributed by atoms with E-state index in [0.717, 1.165) is 11.1 Å². The molecule has 0 aliphatic carbocycles. The van der Waals surface area contributed by atoms with Crippen molar-refractivity contribution in [1.82, 2.24) is 14.5 Å². The summed E-state index contributed by atoms with van der Waals surface area (Å²) in [5.74, 6) is -0.207. The van der Waals surface area contributed by atoms with Gasteiger partial charge >= 0.3 is 6.18 Å². The Kier molecular flexibility index (Phi) is 6.60. The summed E-state index contributed by atoms with van der Waals surface area (Å²) in [5, 5.41) is 0.459. The molecular weight excluding hydrogens is 511 g/mol. The van der Waals surface area contributed by atoms with Crippen molar-refractivity contribution in [2.24, 2.45) is 0 Å². The van der Waals surface area contributed by atoms with E-state index in [-0.39, 0.29) is 24.7 Å². The molecule has 168 valence electrons. The molecule has 0 saturated heterocycles. The Morgan fingerprint density at radius 2 is 1.81 bits per heavy atom. The van der Waals surface area contributed by atoms with Crippen LogP contribution in [0.25, 0.3) is 0 Å². The Labute approximate surface area is 195 Å². The van der Waals surface area contributed by atoms with Gasteiger partial charge in [-0.3, -0.25) is 14.3 Å². The Morgan fingerprint density at radius 3 is 2.44 bits per heavy atom. The second-order valence-corrected chi connectivity index (χ2v) is 8.76. The molecule has 0 saturated carbocycles. The third-order valence-electron chi connectivity index (χ3n) is 5.09. The van der Waals surface area contributed by atoms with Crippen molar-refractivity contribution >= 4 is 27.5 Å². The fraction of sp³-hybridized carbons (Fsp3) is 0.273. The molecule has 1 aliphatic rings. The van der Waals surface area contributed by atoms with Crippen molar-refractivity contribution in [3.05, 3.63) is 91.0 Å². The largest absolute Gasteiger partial charge is 0.482 e. The molecule has 0 N–H and O–H groups in total. The minimum Gasteiger partial charge on any atom is -0.482 e. The number of aromatic nitrogens is 2. The molecule has 0 bridgehead atoms. The van der Waals surface area contributed by atoms with Gasteiger partial charge in [0.1, 0.15) is 19.0 Å². The smallest absolute Gasteiger partial charge is 0.406 e. The molecule has 5 nitrogen and oxygen atoms in total. The number of fused-ring (bicyclic) bond motifs is 1. The summed E-state index contributed by atoms with van der Waals surface area (Å²) < 4.78 is 46.5. The maximum Gasteiger partial charge on any atom is 0.406 e. The topological polar surface area (TPSA) is 47.4 Å². The molecule has 3 aromatic rings. The van der Waals surface area contributed by atoms with Crippen molar-refractivity contribution in [3.63, 3.8) is 0 Å². The summed E-state index contributed by atoms with van der Waals surface area (Å²) >= 11 is 9.33. The molecule has 2 heterocycles. The van der Waals surface area contributed by atoms with E-state index in [2.05, 4.69) is 20.9 Å². The van der Waals surface area contributed by atoms with Gasteiger partial charge in [0.25, 0.3) is 5.56 Å². The van der Waals surface area contributed by atoms with E-state index in [0.29, 0.717) is 32.7 Å². The third-order valence-corrected chi connectivity index (χ3v) is 6.32. The number of alkyl halides is 3. The highest BCUT2D eigenvalue weighted by molar-refractivity contribution is 9.10. The van der Waals surface area contributed by atoms with Gasteiger partial charge in [-0.2, -0.15) is 13.2 Å². The second kappa shape index (κ2) is 9.25. The van der Waals surface area contributed by atoms with E-state index >= 15 is 0 Å². The summed E-state index contributed by atoms with van der Waals surface area (Å²) in [5.41, 5.74) is 2.03. The Balaban J connectivity index is 1.56. The maximum absolute atomic E-state index is 13.2. The van der Waals surface area contributed by atoms with Gasteiger partial charge in [-0.25, -0.2) is 4.98 Å². The van der Waals surface area contributed by atoms with Gasteiger partial charge in [-0.1, -0.05) is 41.9 Å². The van der Waals surface area contributed by atoms with E-state index in [1.807, 2.05) is 29.2 Å². The van der Waals surface area contributed by atoms with Crippen LogP contribution in [0, 0.1) is 0 Å². The lowest BCUT2D eigenvalue weighted by Gasteiger charge is -2.20. The van der Waals surface area contributed by atoms with Gasteiger partial charge in [0.2, 0.25) is 5.75 Å². The summed E-state index contributed by atoms with van der Waals surface area (Å²) in [7, 11) is 0. The number of nitrogens with zero attached hydrogens (tertiary/aromatic N) is 3. The molecular formula is C22H18BrClF3N3O2. The lowest BCUT2D eigenvalue weighted by atomic mass is 10.1. The fourth-order valence-electron chi connectivity index (χ4n) is 3.58. The summed E-state index contributed by atoms with van der Waals surface area (Å²) in [4.78, 5) is 19.0. The average molecular weight is 529 g/mol. The number of benzene rings is 2. The van der Waals surface area contributed by atoms with E-state index in [1.165, 1.54) is 6.20 Å². The van der Waals surface area contributed by atoms with Crippen LogP contribution in [0.3, 0.4) is 0 Å². The van der Waals surface area contributed by atoms with Crippen LogP contribution in [0.4, 0.5) is 13.2 Å². The molecule has 32 heavy (non-hydrogen) atoms. The first-order valence-electron chi connectivity index (χ1n) is 9.71. The Bertz CT molecular complexity index is 1170. The van der Waals surface area contributed by atoms with E-state index in [4.69, 9.17) is 16.3 Å². The Morgan fingerprint density at radius 1 is 1.12 bits per heavy atom. The zero-order valence-electron chi connectivity index (χ0n) is 16.7. The van der Waals surface area contributed by atoms with Crippen LogP contribution in [0.1, 0.15) is 22.5 Å². The average Bonchev–Trinajstić information content (AvgIpc) is 3.14. The van der Waals surface area contributed by atoms with Gasteiger partial charge < -0.3 is 4.74 Å². The summed E-state index contributed by atoms with van der Waals surface area (Å²) in [6, 6.07) is 12.9. The highest BCUT2D eigenvalue weighted by Crippen LogP contribution is 2.26. The monoisotopic (exact) mass is 527 g/mol. The molecule has 1 aromatic heterocycles. The van der Waals surface area contributed by atoms with Gasteiger partial charge in [0.15, 0.2) is 0 Å². The molecule has 10 heteroatoms. The SMILES string of the molecule is O=c1c(OCc2ccc(Br)c(Cl)c2)cnc(CN2Cc3ccccc3C2)n1CC(F)(F)F. The van der Waals surface area contributed by atoms with Crippen molar-refractivity contribution in [2.45, 2.75) is 39.0 Å². The van der Waals surface area contributed by atoms with Crippen molar-refractivity contribution in [3.8, 4) is 5.75 Å². The molecule has 1 aliphatic heterocycles. The number of halogens is 5. The van der Waals surface area contributed by atoms with Gasteiger partial charge in [-0.05, 0) is 44.8 Å². The first-order valence-corrected chi connectivity index (χ1v) is 10.9. The minimum absolute atomic E-state index is 0.0310. The van der Waals surface area contributed by atoms with Crippen molar-refractivity contribution in [2.75, 3.05) is 0 Å². The van der Waals surface area contributed by atoms with Gasteiger partial charge in [0.05, 0.1) is 17.8 Å². The predicted octanol–water partition coefficient (Wildman–Crippen LogP) is 5.32. The first-order chi connectivity index (χ1) is 15.2.